The van der Waals surface area contributed by atoms with Crippen LogP contribution in [0.5, 0.6) is 0 Å². The number of H-pyrrole nitrogens is 1. The number of hydrogen-bond donors (Lipinski definition) is 1. The number of aromatic amines is 1. The highest BCUT2D eigenvalue weighted by Gasteiger charge is 2.09. The second-order valence-electron chi connectivity index (χ2n) is 4.53. The lowest BCUT2D eigenvalue weighted by Gasteiger charge is -2.07. The van der Waals surface area contributed by atoms with Gasteiger partial charge in [0, 0.05) is 11.6 Å². The number of nitrogens with zero attached hydrogens (tertiary/aromatic N) is 2. The molecule has 1 aromatic carbocycles. The van der Waals surface area contributed by atoms with Crippen molar-refractivity contribution >= 4 is 16.4 Å². The first-order valence-corrected chi connectivity index (χ1v) is 7.28. The Hall–Kier alpha value is -2.10. The van der Waals surface area contributed by atoms with E-state index in [2.05, 4.69) is 23.2 Å². The van der Waals surface area contributed by atoms with Crippen LogP contribution < -0.4 is 5.69 Å². The van der Waals surface area contributed by atoms with Crippen LogP contribution in [-0.4, -0.2) is 14.6 Å². The summed E-state index contributed by atoms with van der Waals surface area (Å²) in [7, 11) is 0. The summed E-state index contributed by atoms with van der Waals surface area (Å²) in [4.78, 5) is 11.7. The fourth-order valence-corrected chi connectivity index (χ4v) is 2.36. The van der Waals surface area contributed by atoms with Crippen LogP contribution >= 0.6 is 0 Å². The molecule has 0 aliphatic carbocycles. The van der Waals surface area contributed by atoms with Gasteiger partial charge in [0.25, 0.3) is 0 Å². The molecule has 0 atom stereocenters. The molecule has 0 amide bonds. The van der Waals surface area contributed by atoms with Crippen LogP contribution in [0.2, 0.25) is 0 Å². The van der Waals surface area contributed by atoms with E-state index in [9.17, 15) is 4.79 Å². The summed E-state index contributed by atoms with van der Waals surface area (Å²) >= 11 is 0. The van der Waals surface area contributed by atoms with E-state index in [1.165, 1.54) is 10.9 Å². The van der Waals surface area contributed by atoms with Gasteiger partial charge in [-0.15, -0.1) is 0 Å². The molecule has 2 aromatic heterocycles. The van der Waals surface area contributed by atoms with Gasteiger partial charge in [-0.3, -0.25) is 0 Å². The zero-order valence-corrected chi connectivity index (χ0v) is 12.3. The van der Waals surface area contributed by atoms with E-state index >= 15 is 0 Å². The number of unbranched alkanes of at least 4 members (excludes halogenated alkanes) is 1. The van der Waals surface area contributed by atoms with E-state index < -0.39 is 0 Å². The van der Waals surface area contributed by atoms with Crippen molar-refractivity contribution in [2.45, 2.75) is 40.0 Å². The number of fused-ring (bicyclic) bond motifs is 3. The van der Waals surface area contributed by atoms with Crippen LogP contribution in [0.15, 0.2) is 35.3 Å². The van der Waals surface area contributed by atoms with Crippen molar-refractivity contribution in [3.05, 3.63) is 46.5 Å². The Morgan fingerprint density at radius 1 is 1.20 bits per heavy atom. The Labute approximate surface area is 118 Å². The monoisotopic (exact) mass is 271 g/mol. The second kappa shape index (κ2) is 6.37. The third-order valence-corrected chi connectivity index (χ3v) is 3.30. The summed E-state index contributed by atoms with van der Waals surface area (Å²) in [6.07, 6.45) is 5.18. The summed E-state index contributed by atoms with van der Waals surface area (Å²) in [6, 6.07) is 8.12. The van der Waals surface area contributed by atoms with Crippen LogP contribution in [-0.2, 0) is 6.42 Å². The Morgan fingerprint density at radius 3 is 2.60 bits per heavy atom. The highest BCUT2D eigenvalue weighted by molar-refractivity contribution is 5.95. The van der Waals surface area contributed by atoms with Crippen LogP contribution in [0.4, 0.5) is 0 Å². The number of pyridine rings is 1. The zero-order chi connectivity index (χ0) is 14.5. The van der Waals surface area contributed by atoms with E-state index in [0.29, 0.717) is 5.65 Å². The predicted octanol–water partition coefficient (Wildman–Crippen LogP) is 3.54. The fraction of sp³-hybridized carbons (Fsp3) is 0.375. The fourth-order valence-electron chi connectivity index (χ4n) is 2.36. The molecule has 0 saturated carbocycles. The first-order valence-electron chi connectivity index (χ1n) is 7.28. The standard InChI is InChI=1S/C14H15N3O.C2H6/c1-2-3-6-10-9-17-13(15-16-14(17)18)12-8-5-4-7-11(10)12;1-2/h4-5,7-9H,2-3,6H2,1H3,(H,16,18);1-2H3. The van der Waals surface area contributed by atoms with Gasteiger partial charge >= 0.3 is 5.69 Å². The van der Waals surface area contributed by atoms with Crippen LogP contribution in [0.25, 0.3) is 16.4 Å². The van der Waals surface area contributed by atoms with Crippen LogP contribution in [0.1, 0.15) is 39.2 Å². The Morgan fingerprint density at radius 2 is 1.90 bits per heavy atom. The van der Waals surface area contributed by atoms with Crippen molar-refractivity contribution in [3.63, 3.8) is 0 Å². The summed E-state index contributed by atoms with van der Waals surface area (Å²) in [5.74, 6) is 0. The minimum Gasteiger partial charge on any atom is -0.250 e. The molecule has 3 aromatic rings. The quantitative estimate of drug-likeness (QED) is 0.792. The van der Waals surface area contributed by atoms with Crippen molar-refractivity contribution in [2.24, 2.45) is 0 Å². The van der Waals surface area contributed by atoms with E-state index in [-0.39, 0.29) is 5.69 Å². The number of aryl methyl sites for hydroxylation is 1. The third-order valence-electron chi connectivity index (χ3n) is 3.30. The summed E-state index contributed by atoms with van der Waals surface area (Å²) in [5.41, 5.74) is 1.74. The number of nitrogens with one attached hydrogen (secondary N) is 1. The lowest BCUT2D eigenvalue weighted by Crippen LogP contribution is -2.10. The maximum atomic E-state index is 11.7. The average Bonchev–Trinajstić information content (AvgIpc) is 2.88. The van der Waals surface area contributed by atoms with Crippen molar-refractivity contribution in [3.8, 4) is 0 Å². The van der Waals surface area contributed by atoms with Crippen LogP contribution in [0, 0.1) is 0 Å². The maximum absolute atomic E-state index is 11.7. The van der Waals surface area contributed by atoms with Crippen molar-refractivity contribution in [1.82, 2.24) is 14.6 Å². The van der Waals surface area contributed by atoms with Crippen molar-refractivity contribution in [2.75, 3.05) is 0 Å². The highest BCUT2D eigenvalue weighted by atomic mass is 16.1. The van der Waals surface area contributed by atoms with E-state index in [1.54, 1.807) is 4.40 Å². The molecular weight excluding hydrogens is 250 g/mol. The normalized spacial score (nSPS) is 10.6. The molecule has 0 unspecified atom stereocenters. The molecular formula is C16H21N3O. The van der Waals surface area contributed by atoms with Gasteiger partial charge in [0.1, 0.15) is 0 Å². The lowest BCUT2D eigenvalue weighted by molar-refractivity contribution is 0.794. The summed E-state index contributed by atoms with van der Waals surface area (Å²) in [5, 5.41) is 8.83. The molecule has 2 heterocycles. The van der Waals surface area contributed by atoms with E-state index in [1.807, 2.05) is 38.2 Å². The predicted molar refractivity (Wildman–Crippen MR) is 83.3 cm³/mol. The first kappa shape index (κ1) is 14.3. The summed E-state index contributed by atoms with van der Waals surface area (Å²) in [6.45, 7) is 6.17. The molecule has 0 fully saturated rings. The van der Waals surface area contributed by atoms with E-state index in [0.717, 1.165) is 24.6 Å². The Kier molecular flexibility index (Phi) is 4.56. The molecule has 4 heteroatoms. The van der Waals surface area contributed by atoms with Gasteiger partial charge < -0.3 is 0 Å². The number of rotatable bonds is 3. The molecule has 4 nitrogen and oxygen atoms in total. The maximum Gasteiger partial charge on any atom is 0.347 e. The Balaban J connectivity index is 0.000000704. The van der Waals surface area contributed by atoms with Crippen LogP contribution in [0.3, 0.4) is 0 Å². The smallest absolute Gasteiger partial charge is 0.250 e. The molecule has 0 aliphatic rings. The minimum atomic E-state index is -0.173. The number of hydrogen-bond acceptors (Lipinski definition) is 2. The molecule has 1 N–H and O–H groups in total. The minimum absolute atomic E-state index is 0.173. The number of benzene rings is 1. The van der Waals surface area contributed by atoms with Crippen molar-refractivity contribution in [1.29, 1.82) is 0 Å². The molecule has 3 rings (SSSR count). The molecule has 0 spiro atoms. The SMILES string of the molecule is CC.CCCCc1cn2c(=O)[nH]nc2c2ccccc12. The first-order chi connectivity index (χ1) is 9.81. The largest absolute Gasteiger partial charge is 0.347 e. The summed E-state index contributed by atoms with van der Waals surface area (Å²) < 4.78 is 1.60. The molecule has 20 heavy (non-hydrogen) atoms. The topological polar surface area (TPSA) is 50.2 Å². The molecule has 0 bridgehead atoms. The van der Waals surface area contributed by atoms with Gasteiger partial charge in [0.15, 0.2) is 5.65 Å². The van der Waals surface area contributed by atoms with E-state index in [4.69, 9.17) is 0 Å². The average molecular weight is 271 g/mol. The zero-order valence-electron chi connectivity index (χ0n) is 12.3. The molecule has 106 valence electrons. The number of aromatic nitrogens is 3. The third kappa shape index (κ3) is 2.46. The molecule has 0 radical (unpaired) electrons. The van der Waals surface area contributed by atoms with Gasteiger partial charge in [0.2, 0.25) is 0 Å². The molecule has 0 aliphatic heterocycles. The molecule has 0 saturated heterocycles. The van der Waals surface area contributed by atoms with Gasteiger partial charge in [-0.25, -0.2) is 14.3 Å². The highest BCUT2D eigenvalue weighted by Crippen LogP contribution is 2.22. The van der Waals surface area contributed by atoms with Gasteiger partial charge in [-0.05, 0) is 23.8 Å². The lowest BCUT2D eigenvalue weighted by atomic mass is 10.0. The van der Waals surface area contributed by atoms with Gasteiger partial charge in [-0.2, -0.15) is 5.10 Å². The Bertz CT molecular complexity index is 755. The van der Waals surface area contributed by atoms with Gasteiger partial charge in [0.05, 0.1) is 0 Å². The van der Waals surface area contributed by atoms with Crippen molar-refractivity contribution < 1.29 is 0 Å². The second-order valence-corrected chi connectivity index (χ2v) is 4.53. The van der Waals surface area contributed by atoms with Gasteiger partial charge in [-0.1, -0.05) is 51.5 Å².